The molecule has 10 heavy (non-hydrogen) atoms. The molecule has 0 aromatic carbocycles. The largest absolute Gasteiger partial charge is 0.393 e. The van der Waals surface area contributed by atoms with Crippen molar-refractivity contribution in [2.24, 2.45) is 10.8 Å². The Bertz CT molecular complexity index is 152. The quantitative estimate of drug-likeness (QED) is 0.621. The molecule has 0 heterocycles. The van der Waals surface area contributed by atoms with Crippen LogP contribution in [0.15, 0.2) is 0 Å². The maximum atomic E-state index is 9.52. The van der Waals surface area contributed by atoms with Gasteiger partial charge in [0.25, 0.3) is 0 Å². The molecule has 0 radical (unpaired) electrons. The monoisotopic (exact) mass is 140 g/mol. The Morgan fingerprint density at radius 1 is 1.20 bits per heavy atom. The summed E-state index contributed by atoms with van der Waals surface area (Å²) in [7, 11) is 0. The lowest BCUT2D eigenvalue weighted by molar-refractivity contribution is 0.0648. The van der Waals surface area contributed by atoms with Crippen molar-refractivity contribution in [2.45, 2.75) is 45.6 Å². The molecule has 0 aliphatic heterocycles. The van der Waals surface area contributed by atoms with Crippen LogP contribution in [-0.4, -0.2) is 11.2 Å². The minimum Gasteiger partial charge on any atom is -0.393 e. The molecule has 58 valence electrons. The first-order valence-electron chi connectivity index (χ1n) is 4.29. The second-order valence-electron chi connectivity index (χ2n) is 4.39. The summed E-state index contributed by atoms with van der Waals surface area (Å²) in [6.45, 7) is 4.28. The molecule has 0 aromatic rings. The van der Waals surface area contributed by atoms with Gasteiger partial charge in [0, 0.05) is 5.41 Å². The lowest BCUT2D eigenvalue weighted by Gasteiger charge is -2.25. The van der Waals surface area contributed by atoms with E-state index in [0.717, 1.165) is 0 Å². The van der Waals surface area contributed by atoms with E-state index < -0.39 is 0 Å². The molecule has 1 atom stereocenters. The minimum absolute atomic E-state index is 0.0694. The summed E-state index contributed by atoms with van der Waals surface area (Å²) in [6, 6.07) is 0. The third-order valence-corrected chi connectivity index (χ3v) is 3.79. The van der Waals surface area contributed by atoms with Crippen molar-refractivity contribution in [1.82, 2.24) is 0 Å². The van der Waals surface area contributed by atoms with Crippen LogP contribution in [0.5, 0.6) is 0 Å². The summed E-state index contributed by atoms with van der Waals surface area (Å²) in [5, 5.41) is 9.52. The standard InChI is InChI=1S/C9H16O/c1-7(10)9(5-6-9)8(2)3-4-8/h7,10H,3-6H2,1-2H3. The van der Waals surface area contributed by atoms with Crippen LogP contribution in [0.3, 0.4) is 0 Å². The van der Waals surface area contributed by atoms with E-state index >= 15 is 0 Å². The lowest BCUT2D eigenvalue weighted by Crippen LogP contribution is -2.26. The van der Waals surface area contributed by atoms with Crippen LogP contribution >= 0.6 is 0 Å². The molecule has 2 aliphatic rings. The van der Waals surface area contributed by atoms with E-state index in [1.165, 1.54) is 25.7 Å². The van der Waals surface area contributed by atoms with Crippen molar-refractivity contribution in [3.05, 3.63) is 0 Å². The first-order valence-corrected chi connectivity index (χ1v) is 4.29. The Morgan fingerprint density at radius 2 is 1.70 bits per heavy atom. The zero-order valence-electron chi connectivity index (χ0n) is 6.85. The molecule has 0 bridgehead atoms. The molecule has 1 N–H and O–H groups in total. The highest BCUT2D eigenvalue weighted by molar-refractivity contribution is 5.14. The van der Waals surface area contributed by atoms with Gasteiger partial charge in [-0.2, -0.15) is 0 Å². The average Bonchev–Trinajstić information content (AvgIpc) is 2.55. The highest BCUT2D eigenvalue weighted by atomic mass is 16.3. The second kappa shape index (κ2) is 1.58. The first-order chi connectivity index (χ1) is 4.61. The maximum Gasteiger partial charge on any atom is 0.0573 e. The van der Waals surface area contributed by atoms with E-state index in [1.54, 1.807) is 0 Å². The van der Waals surface area contributed by atoms with E-state index in [9.17, 15) is 5.11 Å². The molecule has 2 fully saturated rings. The molecule has 0 saturated heterocycles. The van der Waals surface area contributed by atoms with Crippen LogP contribution in [0.1, 0.15) is 39.5 Å². The van der Waals surface area contributed by atoms with Gasteiger partial charge in [-0.05, 0) is 38.0 Å². The molecular formula is C9H16O. The highest BCUT2D eigenvalue weighted by Crippen LogP contribution is 2.71. The van der Waals surface area contributed by atoms with Crippen molar-refractivity contribution in [3.63, 3.8) is 0 Å². The van der Waals surface area contributed by atoms with E-state index in [4.69, 9.17) is 0 Å². The number of rotatable bonds is 2. The van der Waals surface area contributed by atoms with Gasteiger partial charge in [0.1, 0.15) is 0 Å². The fraction of sp³-hybridized carbons (Fsp3) is 1.00. The van der Waals surface area contributed by atoms with Crippen LogP contribution < -0.4 is 0 Å². The highest BCUT2D eigenvalue weighted by Gasteiger charge is 2.64. The van der Waals surface area contributed by atoms with Crippen LogP contribution in [-0.2, 0) is 0 Å². The van der Waals surface area contributed by atoms with Crippen LogP contribution in [0, 0.1) is 10.8 Å². The Hall–Kier alpha value is -0.0400. The smallest absolute Gasteiger partial charge is 0.0573 e. The molecule has 2 saturated carbocycles. The third kappa shape index (κ3) is 0.619. The number of hydrogen-bond donors (Lipinski definition) is 1. The number of hydrogen-bond acceptors (Lipinski definition) is 1. The van der Waals surface area contributed by atoms with Crippen molar-refractivity contribution in [2.75, 3.05) is 0 Å². The molecule has 1 unspecified atom stereocenters. The van der Waals surface area contributed by atoms with Crippen molar-refractivity contribution in [1.29, 1.82) is 0 Å². The van der Waals surface area contributed by atoms with Gasteiger partial charge in [-0.1, -0.05) is 6.92 Å². The molecule has 2 aliphatic carbocycles. The summed E-state index contributed by atoms with van der Waals surface area (Å²) in [4.78, 5) is 0. The van der Waals surface area contributed by atoms with E-state index in [1.807, 2.05) is 6.92 Å². The van der Waals surface area contributed by atoms with Gasteiger partial charge in [0.2, 0.25) is 0 Å². The van der Waals surface area contributed by atoms with Gasteiger partial charge >= 0.3 is 0 Å². The molecule has 0 spiro atoms. The molecular weight excluding hydrogens is 124 g/mol. The Kier molecular flexibility index (Phi) is 1.05. The zero-order chi connectivity index (χ0) is 7.41. The lowest BCUT2D eigenvalue weighted by atomic mass is 9.83. The van der Waals surface area contributed by atoms with Crippen molar-refractivity contribution >= 4 is 0 Å². The van der Waals surface area contributed by atoms with E-state index in [-0.39, 0.29) is 6.10 Å². The fourth-order valence-electron chi connectivity index (χ4n) is 2.35. The summed E-state index contributed by atoms with van der Waals surface area (Å²) in [5.41, 5.74) is 0.883. The average molecular weight is 140 g/mol. The minimum atomic E-state index is -0.0694. The molecule has 0 aromatic heterocycles. The summed E-state index contributed by atoms with van der Waals surface area (Å²) >= 11 is 0. The summed E-state index contributed by atoms with van der Waals surface area (Å²) in [6.07, 6.45) is 5.15. The maximum absolute atomic E-state index is 9.52. The van der Waals surface area contributed by atoms with E-state index in [2.05, 4.69) is 6.92 Å². The third-order valence-electron chi connectivity index (χ3n) is 3.79. The fourth-order valence-corrected chi connectivity index (χ4v) is 2.35. The van der Waals surface area contributed by atoms with Gasteiger partial charge in [-0.15, -0.1) is 0 Å². The predicted octanol–water partition coefficient (Wildman–Crippen LogP) is 1.95. The first kappa shape index (κ1) is 6.66. The Balaban J connectivity index is 2.15. The topological polar surface area (TPSA) is 20.2 Å². The Labute approximate surface area is 62.4 Å². The Morgan fingerprint density at radius 3 is 1.80 bits per heavy atom. The number of aliphatic hydroxyl groups excluding tert-OH is 1. The molecule has 0 amide bonds. The van der Waals surface area contributed by atoms with Gasteiger partial charge < -0.3 is 5.11 Å². The normalized spacial score (nSPS) is 35.1. The van der Waals surface area contributed by atoms with Gasteiger partial charge in [0.15, 0.2) is 0 Å². The molecule has 1 nitrogen and oxygen atoms in total. The van der Waals surface area contributed by atoms with Crippen molar-refractivity contribution in [3.8, 4) is 0 Å². The van der Waals surface area contributed by atoms with Gasteiger partial charge in [0.05, 0.1) is 6.10 Å². The second-order valence-corrected chi connectivity index (χ2v) is 4.39. The molecule has 2 rings (SSSR count). The predicted molar refractivity (Wildman–Crippen MR) is 40.7 cm³/mol. The van der Waals surface area contributed by atoms with Gasteiger partial charge in [-0.3, -0.25) is 0 Å². The molecule has 1 heteroatoms. The number of aliphatic hydroxyl groups is 1. The van der Waals surface area contributed by atoms with Crippen LogP contribution in [0.4, 0.5) is 0 Å². The van der Waals surface area contributed by atoms with Gasteiger partial charge in [-0.25, -0.2) is 0 Å². The van der Waals surface area contributed by atoms with E-state index in [0.29, 0.717) is 10.8 Å². The van der Waals surface area contributed by atoms with Crippen LogP contribution in [0.25, 0.3) is 0 Å². The van der Waals surface area contributed by atoms with Crippen molar-refractivity contribution < 1.29 is 5.11 Å². The van der Waals surface area contributed by atoms with Crippen LogP contribution in [0.2, 0.25) is 0 Å². The summed E-state index contributed by atoms with van der Waals surface area (Å²) in [5.74, 6) is 0. The summed E-state index contributed by atoms with van der Waals surface area (Å²) < 4.78 is 0. The SMILES string of the molecule is CC(O)C1(C2(C)CC2)CC1. The zero-order valence-corrected chi connectivity index (χ0v) is 6.85.